The van der Waals surface area contributed by atoms with Crippen LogP contribution in [-0.4, -0.2) is 26.6 Å². The summed E-state index contributed by atoms with van der Waals surface area (Å²) < 4.78 is 35.2. The van der Waals surface area contributed by atoms with Crippen LogP contribution in [0.1, 0.15) is 5.56 Å². The third-order valence-corrected chi connectivity index (χ3v) is 9.01. The molecule has 0 aliphatic rings. The van der Waals surface area contributed by atoms with Crippen molar-refractivity contribution in [2.75, 3.05) is 18.4 Å². The number of thiophene rings is 1. The fourth-order valence-corrected chi connectivity index (χ4v) is 6.66. The van der Waals surface area contributed by atoms with Crippen molar-refractivity contribution in [2.45, 2.75) is 10.8 Å². The van der Waals surface area contributed by atoms with E-state index in [0.29, 0.717) is 44.3 Å². The quantitative estimate of drug-likeness (QED) is 0.125. The maximum absolute atomic E-state index is 13.2. The van der Waals surface area contributed by atoms with E-state index in [-0.39, 0.29) is 17.3 Å². The van der Waals surface area contributed by atoms with E-state index in [1.807, 2.05) is 30.3 Å². The van der Waals surface area contributed by atoms with E-state index in [2.05, 4.69) is 15.4 Å². The van der Waals surface area contributed by atoms with Gasteiger partial charge in [0.1, 0.15) is 15.7 Å². The molecule has 0 fully saturated rings. The Bertz CT molecular complexity index is 1540. The molecule has 0 bridgehead atoms. The first-order valence-corrected chi connectivity index (χ1v) is 14.9. The zero-order chi connectivity index (χ0) is 27.1. The lowest BCUT2D eigenvalue weighted by Crippen LogP contribution is -2.36. The molecule has 38 heavy (non-hydrogen) atoms. The second kappa shape index (κ2) is 12.9. The average molecular weight is 608 g/mol. The van der Waals surface area contributed by atoms with Crippen LogP contribution < -0.4 is 25.8 Å². The van der Waals surface area contributed by atoms with Gasteiger partial charge in [0.05, 0.1) is 5.02 Å². The van der Waals surface area contributed by atoms with Gasteiger partial charge in [-0.1, -0.05) is 53.5 Å². The van der Waals surface area contributed by atoms with Gasteiger partial charge in [-0.3, -0.25) is 0 Å². The number of nitrogens with two attached hydrogens (primary N) is 1. The summed E-state index contributed by atoms with van der Waals surface area (Å²) in [6.45, 7) is 0.841. The molecule has 0 saturated carbocycles. The summed E-state index contributed by atoms with van der Waals surface area (Å²) in [5.74, 6) is 0.870. The van der Waals surface area contributed by atoms with Crippen LogP contribution >= 0.6 is 46.8 Å². The number of sulfonamides is 1. The summed E-state index contributed by atoms with van der Waals surface area (Å²) >= 11 is 18.7. The lowest BCUT2D eigenvalue weighted by Gasteiger charge is -2.14. The zero-order valence-corrected chi connectivity index (χ0v) is 23.9. The highest BCUT2D eigenvalue weighted by Gasteiger charge is 2.23. The van der Waals surface area contributed by atoms with E-state index >= 15 is 0 Å². The molecular formula is C26H24Cl2N4O3S3. The first-order valence-electron chi connectivity index (χ1n) is 11.4. The number of anilines is 1. The van der Waals surface area contributed by atoms with Crippen molar-refractivity contribution in [2.24, 2.45) is 5.73 Å². The number of hydrogen-bond acceptors (Lipinski definition) is 6. The molecule has 0 aliphatic heterocycles. The highest BCUT2D eigenvalue weighted by molar-refractivity contribution is 7.91. The lowest BCUT2D eigenvalue weighted by molar-refractivity contribution is 0.484. The standard InChI is InChI=1S/C26H24Cl2N4O3S3/c27-18-8-9-24(22(28)15-18)35-23-7-2-1-6-20(23)21-10-13-37-25(21)38(33,34)31-12-11-30-26(36)32-19-5-3-4-17(14-19)16-29/h1-10,13-15,31H,11-12,16,29H2,(H2,30,32,36). The van der Waals surface area contributed by atoms with Crippen molar-refractivity contribution in [1.82, 2.24) is 10.0 Å². The number of benzene rings is 3. The number of rotatable bonds is 10. The first kappa shape index (κ1) is 28.3. The number of ether oxygens (including phenoxy) is 1. The van der Waals surface area contributed by atoms with Crippen LogP contribution in [0.25, 0.3) is 11.1 Å². The minimum atomic E-state index is -3.81. The monoisotopic (exact) mass is 606 g/mol. The zero-order valence-electron chi connectivity index (χ0n) is 19.9. The second-order valence-electron chi connectivity index (χ2n) is 7.98. The van der Waals surface area contributed by atoms with E-state index in [1.54, 1.807) is 47.8 Å². The Balaban J connectivity index is 1.41. The van der Waals surface area contributed by atoms with Gasteiger partial charge in [0, 0.05) is 41.5 Å². The summed E-state index contributed by atoms with van der Waals surface area (Å²) in [4.78, 5) is 0. The van der Waals surface area contributed by atoms with Gasteiger partial charge >= 0.3 is 0 Å². The molecule has 0 aliphatic carbocycles. The van der Waals surface area contributed by atoms with Crippen molar-refractivity contribution in [1.29, 1.82) is 0 Å². The van der Waals surface area contributed by atoms with E-state index < -0.39 is 10.0 Å². The molecule has 0 spiro atoms. The minimum absolute atomic E-state index is 0.128. The van der Waals surface area contributed by atoms with Crippen molar-refractivity contribution >= 4 is 67.6 Å². The largest absolute Gasteiger partial charge is 0.455 e. The van der Waals surface area contributed by atoms with Crippen LogP contribution in [0.4, 0.5) is 5.69 Å². The molecule has 4 rings (SSSR count). The van der Waals surface area contributed by atoms with Crippen LogP contribution in [0.15, 0.2) is 82.4 Å². The molecular weight excluding hydrogens is 583 g/mol. The van der Waals surface area contributed by atoms with Gasteiger partial charge in [0.25, 0.3) is 10.0 Å². The van der Waals surface area contributed by atoms with E-state index in [9.17, 15) is 8.42 Å². The highest BCUT2D eigenvalue weighted by atomic mass is 35.5. The average Bonchev–Trinajstić information content (AvgIpc) is 3.40. The molecule has 0 saturated heterocycles. The van der Waals surface area contributed by atoms with Gasteiger partial charge in [-0.25, -0.2) is 13.1 Å². The fourth-order valence-electron chi connectivity index (χ4n) is 3.54. The number of nitrogens with one attached hydrogen (secondary N) is 3. The summed E-state index contributed by atoms with van der Waals surface area (Å²) in [5.41, 5.74) is 8.58. The van der Waals surface area contributed by atoms with Crippen LogP contribution in [0, 0.1) is 0 Å². The fraction of sp³-hybridized carbons (Fsp3) is 0.115. The molecule has 0 unspecified atom stereocenters. The highest BCUT2D eigenvalue weighted by Crippen LogP contribution is 2.40. The third kappa shape index (κ3) is 7.23. The summed E-state index contributed by atoms with van der Waals surface area (Å²) in [7, 11) is -3.81. The van der Waals surface area contributed by atoms with Crippen molar-refractivity contribution in [3.63, 3.8) is 0 Å². The molecule has 0 radical (unpaired) electrons. The minimum Gasteiger partial charge on any atom is -0.455 e. The van der Waals surface area contributed by atoms with Crippen molar-refractivity contribution in [3.05, 3.63) is 93.8 Å². The smallest absolute Gasteiger partial charge is 0.250 e. The SMILES string of the molecule is NCc1cccc(NC(=S)NCCNS(=O)(=O)c2sccc2-c2ccccc2Oc2ccc(Cl)cc2Cl)c1. The predicted octanol–water partition coefficient (Wildman–Crippen LogP) is 6.24. The Labute approximate surface area is 241 Å². The summed E-state index contributed by atoms with van der Waals surface area (Å²) in [5, 5.41) is 9.00. The van der Waals surface area contributed by atoms with Gasteiger partial charge in [0.2, 0.25) is 0 Å². The normalized spacial score (nSPS) is 11.2. The van der Waals surface area contributed by atoms with Gasteiger partial charge in [-0.05, 0) is 65.6 Å². The number of hydrogen-bond donors (Lipinski definition) is 4. The van der Waals surface area contributed by atoms with Crippen LogP contribution in [0.5, 0.6) is 11.5 Å². The topological polar surface area (TPSA) is 105 Å². The van der Waals surface area contributed by atoms with Gasteiger partial charge in [-0.15, -0.1) is 11.3 Å². The Morgan fingerprint density at radius 1 is 0.947 bits per heavy atom. The Morgan fingerprint density at radius 2 is 1.76 bits per heavy atom. The number of para-hydroxylation sites is 1. The second-order valence-corrected chi connectivity index (χ2v) is 12.1. The molecule has 7 nitrogen and oxygen atoms in total. The van der Waals surface area contributed by atoms with E-state index in [1.165, 1.54) is 0 Å². The lowest BCUT2D eigenvalue weighted by atomic mass is 10.1. The molecule has 1 heterocycles. The number of thiocarbonyl (C=S) groups is 1. The Kier molecular flexibility index (Phi) is 9.61. The molecule has 198 valence electrons. The molecule has 3 aromatic carbocycles. The molecule has 0 atom stereocenters. The predicted molar refractivity (Wildman–Crippen MR) is 160 cm³/mol. The van der Waals surface area contributed by atoms with Crippen molar-refractivity contribution in [3.8, 4) is 22.6 Å². The van der Waals surface area contributed by atoms with Crippen LogP contribution in [0.3, 0.4) is 0 Å². The molecule has 1 aromatic heterocycles. The first-order chi connectivity index (χ1) is 18.3. The molecule has 12 heteroatoms. The summed E-state index contributed by atoms with van der Waals surface area (Å²) in [6, 6.07) is 21.4. The van der Waals surface area contributed by atoms with Gasteiger partial charge in [0.15, 0.2) is 5.11 Å². The maximum Gasteiger partial charge on any atom is 0.250 e. The third-order valence-electron chi connectivity index (χ3n) is 5.29. The van der Waals surface area contributed by atoms with Gasteiger partial charge < -0.3 is 21.1 Å². The van der Waals surface area contributed by atoms with Gasteiger partial charge in [-0.2, -0.15) is 0 Å². The van der Waals surface area contributed by atoms with E-state index in [0.717, 1.165) is 22.6 Å². The Morgan fingerprint density at radius 3 is 2.55 bits per heavy atom. The van der Waals surface area contributed by atoms with Crippen LogP contribution in [-0.2, 0) is 16.6 Å². The maximum atomic E-state index is 13.2. The molecule has 4 aromatic rings. The molecule has 5 N–H and O–H groups in total. The Hall–Kier alpha value is -2.70. The summed E-state index contributed by atoms with van der Waals surface area (Å²) in [6.07, 6.45) is 0. The number of halogens is 2. The van der Waals surface area contributed by atoms with E-state index in [4.69, 9.17) is 45.9 Å². The molecule has 0 amide bonds. The van der Waals surface area contributed by atoms with Crippen molar-refractivity contribution < 1.29 is 13.2 Å². The van der Waals surface area contributed by atoms with Crippen LogP contribution in [0.2, 0.25) is 10.0 Å².